The molecule has 5 heteroatoms. The normalized spacial score (nSPS) is 29.8. The van der Waals surface area contributed by atoms with E-state index >= 15 is 0 Å². The van der Waals surface area contributed by atoms with Crippen LogP contribution < -0.4 is 10.6 Å². The minimum absolute atomic E-state index is 0.0321. The van der Waals surface area contributed by atoms with Gasteiger partial charge in [0.05, 0.1) is 5.41 Å². The molecule has 1 aromatic rings. The summed E-state index contributed by atoms with van der Waals surface area (Å²) in [4.78, 5) is 24.7. The number of amides is 2. The SMILES string of the molecule is CC1=C(C)CC(C)(C(=O)NC2CC(CNC(=O)CCl)(c3ccccc3)C2)CC1. The third-order valence-electron chi connectivity index (χ3n) is 6.72. The van der Waals surface area contributed by atoms with E-state index in [0.717, 1.165) is 32.1 Å². The van der Waals surface area contributed by atoms with Gasteiger partial charge in [0.2, 0.25) is 11.8 Å². The Bertz CT molecular complexity index is 768. The summed E-state index contributed by atoms with van der Waals surface area (Å²) < 4.78 is 0. The van der Waals surface area contributed by atoms with Crippen LogP contribution in [0.15, 0.2) is 41.5 Å². The molecule has 0 spiro atoms. The summed E-state index contributed by atoms with van der Waals surface area (Å²) in [6.45, 7) is 6.95. The fourth-order valence-corrected chi connectivity index (χ4v) is 4.72. The van der Waals surface area contributed by atoms with E-state index in [-0.39, 0.29) is 34.6 Å². The number of allylic oxidation sites excluding steroid dienone is 2. The molecule has 2 aliphatic carbocycles. The first-order chi connectivity index (χ1) is 13.3. The number of rotatable bonds is 6. The lowest BCUT2D eigenvalue weighted by Crippen LogP contribution is -2.59. The second-order valence-corrected chi connectivity index (χ2v) is 9.20. The van der Waals surface area contributed by atoms with Gasteiger partial charge in [0.1, 0.15) is 5.88 Å². The van der Waals surface area contributed by atoms with Gasteiger partial charge in [-0.2, -0.15) is 0 Å². The van der Waals surface area contributed by atoms with Crippen LogP contribution in [0.25, 0.3) is 0 Å². The molecule has 1 saturated carbocycles. The van der Waals surface area contributed by atoms with Crippen molar-refractivity contribution in [1.29, 1.82) is 0 Å². The Balaban J connectivity index is 1.65. The largest absolute Gasteiger partial charge is 0.354 e. The van der Waals surface area contributed by atoms with Gasteiger partial charge < -0.3 is 10.6 Å². The molecule has 2 aliphatic rings. The number of carbonyl (C=O) groups excluding carboxylic acids is 2. The molecule has 0 saturated heterocycles. The Kier molecular flexibility index (Phi) is 6.18. The molecule has 2 N–H and O–H groups in total. The first-order valence-electron chi connectivity index (χ1n) is 10.1. The minimum Gasteiger partial charge on any atom is -0.354 e. The van der Waals surface area contributed by atoms with Crippen molar-refractivity contribution in [1.82, 2.24) is 10.6 Å². The van der Waals surface area contributed by atoms with Crippen LogP contribution >= 0.6 is 11.6 Å². The molecule has 152 valence electrons. The van der Waals surface area contributed by atoms with Crippen molar-refractivity contribution in [3.63, 3.8) is 0 Å². The van der Waals surface area contributed by atoms with E-state index < -0.39 is 0 Å². The highest BCUT2D eigenvalue weighted by atomic mass is 35.5. The zero-order valence-corrected chi connectivity index (χ0v) is 17.9. The molecule has 1 fully saturated rings. The Labute approximate surface area is 173 Å². The van der Waals surface area contributed by atoms with E-state index in [9.17, 15) is 9.59 Å². The van der Waals surface area contributed by atoms with Gasteiger partial charge in [-0.15, -0.1) is 11.6 Å². The number of hydrogen-bond donors (Lipinski definition) is 2. The lowest BCUT2D eigenvalue weighted by Gasteiger charge is -2.49. The van der Waals surface area contributed by atoms with Crippen LogP contribution in [-0.4, -0.2) is 30.3 Å². The lowest BCUT2D eigenvalue weighted by atomic mass is 9.61. The second kappa shape index (κ2) is 8.28. The van der Waals surface area contributed by atoms with E-state index in [1.54, 1.807) is 0 Å². The van der Waals surface area contributed by atoms with Crippen molar-refractivity contribution in [2.45, 2.75) is 64.3 Å². The molecule has 3 rings (SSSR count). The van der Waals surface area contributed by atoms with Crippen LogP contribution in [0.3, 0.4) is 0 Å². The van der Waals surface area contributed by atoms with Gasteiger partial charge in [0.25, 0.3) is 0 Å². The summed E-state index contributed by atoms with van der Waals surface area (Å²) in [7, 11) is 0. The van der Waals surface area contributed by atoms with E-state index in [1.165, 1.54) is 16.7 Å². The van der Waals surface area contributed by atoms with Crippen molar-refractivity contribution in [2.75, 3.05) is 12.4 Å². The molecule has 0 bridgehead atoms. The number of alkyl halides is 1. The first-order valence-corrected chi connectivity index (χ1v) is 10.7. The molecular formula is C23H31ClN2O2. The van der Waals surface area contributed by atoms with E-state index in [1.807, 2.05) is 18.2 Å². The average molecular weight is 403 g/mol. The standard InChI is InChI=1S/C23H31ClN2O2/c1-16-9-10-22(3,11-17(16)2)21(28)26-19-12-23(13-19,15-25-20(27)14-24)18-7-5-4-6-8-18/h4-8,19H,9-15H2,1-3H3,(H,25,27)(H,26,28). The van der Waals surface area contributed by atoms with Gasteiger partial charge in [-0.3, -0.25) is 9.59 Å². The fraction of sp³-hybridized carbons (Fsp3) is 0.565. The summed E-state index contributed by atoms with van der Waals surface area (Å²) in [5.41, 5.74) is 3.52. The summed E-state index contributed by atoms with van der Waals surface area (Å²) in [5.74, 6) is -0.0250. The predicted molar refractivity (Wildman–Crippen MR) is 113 cm³/mol. The number of halogens is 1. The zero-order valence-electron chi connectivity index (χ0n) is 17.1. The fourth-order valence-electron chi connectivity index (χ4n) is 4.63. The minimum atomic E-state index is -0.318. The van der Waals surface area contributed by atoms with Crippen LogP contribution in [0.5, 0.6) is 0 Å². The molecule has 0 radical (unpaired) electrons. The third kappa shape index (κ3) is 4.27. The van der Waals surface area contributed by atoms with Crippen LogP contribution in [0.1, 0.15) is 58.4 Å². The molecule has 2 amide bonds. The number of carbonyl (C=O) groups is 2. The first kappa shape index (κ1) is 20.9. The van der Waals surface area contributed by atoms with Gasteiger partial charge in [-0.05, 0) is 51.5 Å². The van der Waals surface area contributed by atoms with Gasteiger partial charge in [-0.1, -0.05) is 48.4 Å². The van der Waals surface area contributed by atoms with Crippen molar-refractivity contribution in [3.05, 3.63) is 47.0 Å². The van der Waals surface area contributed by atoms with Gasteiger partial charge in [0, 0.05) is 18.0 Å². The molecule has 0 heterocycles. The van der Waals surface area contributed by atoms with Gasteiger partial charge in [-0.25, -0.2) is 0 Å². The average Bonchev–Trinajstić information content (AvgIpc) is 2.67. The van der Waals surface area contributed by atoms with Crippen LogP contribution in [0, 0.1) is 5.41 Å². The van der Waals surface area contributed by atoms with Crippen molar-refractivity contribution in [3.8, 4) is 0 Å². The predicted octanol–water partition coefficient (Wildman–Crippen LogP) is 4.08. The maximum Gasteiger partial charge on any atom is 0.234 e. The van der Waals surface area contributed by atoms with E-state index in [4.69, 9.17) is 11.6 Å². The smallest absolute Gasteiger partial charge is 0.234 e. The molecule has 0 aliphatic heterocycles. The molecule has 4 nitrogen and oxygen atoms in total. The maximum atomic E-state index is 13.0. The topological polar surface area (TPSA) is 58.2 Å². The highest BCUT2D eigenvalue weighted by Gasteiger charge is 2.47. The molecule has 1 atom stereocenters. The van der Waals surface area contributed by atoms with E-state index in [2.05, 4.69) is 43.5 Å². The molecule has 28 heavy (non-hydrogen) atoms. The third-order valence-corrected chi connectivity index (χ3v) is 6.97. The number of benzene rings is 1. The van der Waals surface area contributed by atoms with E-state index in [0.29, 0.717) is 6.54 Å². The molecule has 0 aromatic heterocycles. The molecule has 1 unspecified atom stereocenters. The van der Waals surface area contributed by atoms with Gasteiger partial charge in [0.15, 0.2) is 0 Å². The highest BCUT2D eigenvalue weighted by molar-refractivity contribution is 6.27. The van der Waals surface area contributed by atoms with Crippen LogP contribution in [-0.2, 0) is 15.0 Å². The van der Waals surface area contributed by atoms with Crippen LogP contribution in [0.2, 0.25) is 0 Å². The Morgan fingerprint density at radius 3 is 2.43 bits per heavy atom. The molecule has 1 aromatic carbocycles. The Morgan fingerprint density at radius 1 is 1.14 bits per heavy atom. The lowest BCUT2D eigenvalue weighted by molar-refractivity contribution is -0.133. The summed E-state index contributed by atoms with van der Waals surface area (Å²) in [5, 5.41) is 6.23. The Hall–Kier alpha value is -1.81. The summed E-state index contributed by atoms with van der Waals surface area (Å²) in [6, 6.07) is 10.4. The van der Waals surface area contributed by atoms with Crippen LogP contribution in [0.4, 0.5) is 0 Å². The quantitative estimate of drug-likeness (QED) is 0.556. The van der Waals surface area contributed by atoms with Gasteiger partial charge >= 0.3 is 0 Å². The zero-order chi connectivity index (χ0) is 20.4. The van der Waals surface area contributed by atoms with Crippen molar-refractivity contribution in [2.24, 2.45) is 5.41 Å². The Morgan fingerprint density at radius 2 is 1.82 bits per heavy atom. The maximum absolute atomic E-state index is 13.0. The number of hydrogen-bond acceptors (Lipinski definition) is 2. The number of nitrogens with one attached hydrogen (secondary N) is 2. The summed E-state index contributed by atoms with van der Waals surface area (Å²) >= 11 is 5.64. The summed E-state index contributed by atoms with van der Waals surface area (Å²) in [6.07, 6.45) is 4.40. The van der Waals surface area contributed by atoms with Crippen molar-refractivity contribution >= 4 is 23.4 Å². The monoisotopic (exact) mass is 402 g/mol. The highest BCUT2D eigenvalue weighted by Crippen LogP contribution is 2.45. The molecular weight excluding hydrogens is 372 g/mol. The van der Waals surface area contributed by atoms with Crippen molar-refractivity contribution < 1.29 is 9.59 Å². The second-order valence-electron chi connectivity index (χ2n) is 8.93.